The summed E-state index contributed by atoms with van der Waals surface area (Å²) in [6, 6.07) is 3.87. The Morgan fingerprint density at radius 1 is 1.15 bits per heavy atom. The van der Waals surface area contributed by atoms with E-state index in [1.807, 2.05) is 12.1 Å². The van der Waals surface area contributed by atoms with E-state index in [0.717, 1.165) is 76.9 Å². The van der Waals surface area contributed by atoms with Crippen molar-refractivity contribution in [1.29, 1.82) is 0 Å². The molecule has 0 bridgehead atoms. The van der Waals surface area contributed by atoms with Crippen LogP contribution in [0.2, 0.25) is 0 Å². The fraction of sp³-hybridized carbons (Fsp3) is 0.684. The van der Waals surface area contributed by atoms with E-state index in [-0.39, 0.29) is 11.8 Å². The van der Waals surface area contributed by atoms with Crippen molar-refractivity contribution in [1.82, 2.24) is 20.9 Å². The van der Waals surface area contributed by atoms with E-state index in [1.165, 1.54) is 0 Å². The van der Waals surface area contributed by atoms with Gasteiger partial charge in [0, 0.05) is 51.6 Å². The minimum atomic E-state index is 0.174. The summed E-state index contributed by atoms with van der Waals surface area (Å²) in [7, 11) is 0. The standard InChI is InChI=1S/C19H31N5O3/c25-18(16-3-4-16)20-7-8-22-19(21-6-5-17-2-1-13-27-17)23-9-10-24-11-14-26-15-12-24/h1-2,13,16H,3-12,14-15H2,(H,20,25)(H2,21,22,23). The molecule has 8 nitrogen and oxygen atoms in total. The monoisotopic (exact) mass is 377 g/mol. The van der Waals surface area contributed by atoms with Crippen LogP contribution in [-0.4, -0.2) is 75.8 Å². The highest BCUT2D eigenvalue weighted by molar-refractivity contribution is 5.81. The van der Waals surface area contributed by atoms with Crippen LogP contribution >= 0.6 is 0 Å². The van der Waals surface area contributed by atoms with Gasteiger partial charge >= 0.3 is 0 Å². The van der Waals surface area contributed by atoms with Crippen LogP contribution < -0.4 is 16.0 Å². The molecule has 1 saturated heterocycles. The lowest BCUT2D eigenvalue weighted by atomic mass is 10.3. The van der Waals surface area contributed by atoms with Gasteiger partial charge in [-0.1, -0.05) is 0 Å². The quantitative estimate of drug-likeness (QED) is 0.307. The third kappa shape index (κ3) is 7.60. The van der Waals surface area contributed by atoms with Crippen LogP contribution in [0.1, 0.15) is 18.6 Å². The number of amides is 1. The number of furan rings is 1. The molecule has 3 N–H and O–H groups in total. The topological polar surface area (TPSA) is 91.1 Å². The van der Waals surface area contributed by atoms with Crippen LogP contribution in [0, 0.1) is 5.92 Å². The number of rotatable bonds is 10. The average molecular weight is 377 g/mol. The highest BCUT2D eigenvalue weighted by Gasteiger charge is 2.28. The number of nitrogens with zero attached hydrogens (tertiary/aromatic N) is 2. The number of morpholine rings is 1. The molecule has 1 aromatic heterocycles. The molecule has 27 heavy (non-hydrogen) atoms. The summed E-state index contributed by atoms with van der Waals surface area (Å²) < 4.78 is 10.7. The molecule has 0 aromatic carbocycles. The SMILES string of the molecule is O=C(NCCNC(=NCCN1CCOCC1)NCCc1ccco1)C1CC1. The molecule has 2 aliphatic rings. The zero-order valence-corrected chi connectivity index (χ0v) is 15.9. The number of carbonyl (C=O) groups excluding carboxylic acids is 1. The molecule has 0 radical (unpaired) electrons. The zero-order chi connectivity index (χ0) is 18.7. The average Bonchev–Trinajstić information content (AvgIpc) is 3.42. The molecule has 0 atom stereocenters. The predicted octanol–water partition coefficient (Wildman–Crippen LogP) is 0.216. The summed E-state index contributed by atoms with van der Waals surface area (Å²) in [5.41, 5.74) is 0. The van der Waals surface area contributed by atoms with Crippen molar-refractivity contribution in [2.75, 3.05) is 59.0 Å². The lowest BCUT2D eigenvalue weighted by molar-refractivity contribution is -0.122. The maximum atomic E-state index is 11.7. The Balaban J connectivity index is 1.38. The van der Waals surface area contributed by atoms with Gasteiger partial charge in [-0.05, 0) is 25.0 Å². The van der Waals surface area contributed by atoms with E-state index in [9.17, 15) is 4.79 Å². The number of carbonyl (C=O) groups is 1. The Morgan fingerprint density at radius 2 is 1.93 bits per heavy atom. The molecule has 1 amide bonds. The smallest absolute Gasteiger partial charge is 0.223 e. The second-order valence-electron chi connectivity index (χ2n) is 6.93. The van der Waals surface area contributed by atoms with Gasteiger partial charge in [0.05, 0.1) is 26.0 Å². The molecule has 8 heteroatoms. The summed E-state index contributed by atoms with van der Waals surface area (Å²) in [6.07, 6.45) is 4.55. The molecule has 0 unspecified atom stereocenters. The number of hydrogen-bond acceptors (Lipinski definition) is 5. The number of nitrogens with one attached hydrogen (secondary N) is 3. The fourth-order valence-electron chi connectivity index (χ4n) is 2.92. The van der Waals surface area contributed by atoms with Gasteiger partial charge in [0.25, 0.3) is 0 Å². The van der Waals surface area contributed by atoms with E-state index in [4.69, 9.17) is 9.15 Å². The molecular weight excluding hydrogens is 346 g/mol. The molecule has 1 aromatic rings. The minimum absolute atomic E-state index is 0.174. The Labute approximate surface area is 160 Å². The highest BCUT2D eigenvalue weighted by atomic mass is 16.5. The Bertz CT molecular complexity index is 580. The molecule has 1 saturated carbocycles. The highest BCUT2D eigenvalue weighted by Crippen LogP contribution is 2.28. The first-order valence-corrected chi connectivity index (χ1v) is 9.93. The van der Waals surface area contributed by atoms with Gasteiger partial charge < -0.3 is 25.1 Å². The summed E-state index contributed by atoms with van der Waals surface area (Å²) >= 11 is 0. The van der Waals surface area contributed by atoms with Gasteiger partial charge in [-0.25, -0.2) is 0 Å². The summed E-state index contributed by atoms with van der Waals surface area (Å²) in [4.78, 5) is 18.7. The minimum Gasteiger partial charge on any atom is -0.469 e. The second-order valence-corrected chi connectivity index (χ2v) is 6.93. The summed E-state index contributed by atoms with van der Waals surface area (Å²) in [5, 5.41) is 9.61. The lowest BCUT2D eigenvalue weighted by Crippen LogP contribution is -2.43. The fourth-order valence-corrected chi connectivity index (χ4v) is 2.92. The van der Waals surface area contributed by atoms with Crippen LogP contribution in [0.3, 0.4) is 0 Å². The molecule has 3 rings (SSSR count). The molecule has 0 spiro atoms. The van der Waals surface area contributed by atoms with Crippen molar-refractivity contribution in [3.8, 4) is 0 Å². The van der Waals surface area contributed by atoms with E-state index in [1.54, 1.807) is 6.26 Å². The maximum absolute atomic E-state index is 11.7. The van der Waals surface area contributed by atoms with Crippen molar-refractivity contribution in [3.63, 3.8) is 0 Å². The summed E-state index contributed by atoms with van der Waals surface area (Å²) in [5.74, 6) is 2.15. The van der Waals surface area contributed by atoms with Crippen molar-refractivity contribution in [2.24, 2.45) is 10.9 Å². The molecule has 150 valence electrons. The number of hydrogen-bond donors (Lipinski definition) is 3. The van der Waals surface area contributed by atoms with Crippen LogP contribution in [0.15, 0.2) is 27.8 Å². The first-order chi connectivity index (χ1) is 13.3. The van der Waals surface area contributed by atoms with E-state index >= 15 is 0 Å². The largest absolute Gasteiger partial charge is 0.469 e. The molecule has 2 fully saturated rings. The van der Waals surface area contributed by atoms with Crippen molar-refractivity contribution < 1.29 is 13.9 Å². The zero-order valence-electron chi connectivity index (χ0n) is 15.9. The van der Waals surface area contributed by atoms with Gasteiger partial charge in [-0.3, -0.25) is 14.7 Å². The van der Waals surface area contributed by atoms with Gasteiger partial charge in [0.1, 0.15) is 5.76 Å². The predicted molar refractivity (Wildman–Crippen MR) is 104 cm³/mol. The first kappa shape index (κ1) is 19.7. The first-order valence-electron chi connectivity index (χ1n) is 9.93. The van der Waals surface area contributed by atoms with E-state index in [0.29, 0.717) is 13.1 Å². The van der Waals surface area contributed by atoms with Crippen LogP contribution in [-0.2, 0) is 16.0 Å². The van der Waals surface area contributed by atoms with E-state index < -0.39 is 0 Å². The number of guanidine groups is 1. The maximum Gasteiger partial charge on any atom is 0.223 e. The van der Waals surface area contributed by atoms with Gasteiger partial charge in [-0.2, -0.15) is 0 Å². The molecular formula is C19H31N5O3. The van der Waals surface area contributed by atoms with Crippen LogP contribution in [0.4, 0.5) is 0 Å². The Hall–Kier alpha value is -2.06. The van der Waals surface area contributed by atoms with Gasteiger partial charge in [0.15, 0.2) is 5.96 Å². The molecule has 1 aliphatic carbocycles. The third-order valence-corrected chi connectivity index (χ3v) is 4.70. The number of aliphatic imine (C=N–C) groups is 1. The van der Waals surface area contributed by atoms with Crippen LogP contribution in [0.25, 0.3) is 0 Å². The van der Waals surface area contributed by atoms with Gasteiger partial charge in [0.2, 0.25) is 5.91 Å². The normalized spacial score (nSPS) is 18.3. The Morgan fingerprint density at radius 3 is 2.67 bits per heavy atom. The van der Waals surface area contributed by atoms with Crippen molar-refractivity contribution in [2.45, 2.75) is 19.3 Å². The van der Waals surface area contributed by atoms with Crippen molar-refractivity contribution in [3.05, 3.63) is 24.2 Å². The van der Waals surface area contributed by atoms with Crippen molar-refractivity contribution >= 4 is 11.9 Å². The Kier molecular flexibility index (Phi) is 7.98. The molecule has 1 aliphatic heterocycles. The summed E-state index contributed by atoms with van der Waals surface area (Å²) in [6.45, 7) is 7.20. The number of ether oxygens (including phenoxy) is 1. The third-order valence-electron chi connectivity index (χ3n) is 4.70. The molecule has 2 heterocycles. The second kappa shape index (κ2) is 10.9. The lowest BCUT2D eigenvalue weighted by Gasteiger charge is -2.25. The van der Waals surface area contributed by atoms with Gasteiger partial charge in [-0.15, -0.1) is 0 Å². The van der Waals surface area contributed by atoms with Crippen LogP contribution in [0.5, 0.6) is 0 Å². The van der Waals surface area contributed by atoms with E-state index in [2.05, 4.69) is 25.8 Å².